The number of benzene rings is 1. The molecule has 0 atom stereocenters. The summed E-state index contributed by atoms with van der Waals surface area (Å²) < 4.78 is 16.3. The van der Waals surface area contributed by atoms with E-state index in [0.717, 1.165) is 0 Å². The molecule has 0 unspecified atom stereocenters. The minimum absolute atomic E-state index is 0.157. The van der Waals surface area contributed by atoms with Crippen LogP contribution in [0.3, 0.4) is 0 Å². The zero-order valence-corrected chi connectivity index (χ0v) is 13.0. The summed E-state index contributed by atoms with van der Waals surface area (Å²) >= 11 is 4.82. The summed E-state index contributed by atoms with van der Waals surface area (Å²) in [6.07, 6.45) is 1.45. The number of anilines is 2. The van der Waals surface area contributed by atoms with Gasteiger partial charge in [-0.2, -0.15) is 5.10 Å². The fourth-order valence-electron chi connectivity index (χ4n) is 1.82. The molecule has 2 heterocycles. The molecular formula is C13H12N6O3S. The summed E-state index contributed by atoms with van der Waals surface area (Å²) in [7, 11) is 3.13. The molecule has 23 heavy (non-hydrogen) atoms. The van der Waals surface area contributed by atoms with Crippen molar-refractivity contribution in [2.24, 2.45) is 0 Å². The van der Waals surface area contributed by atoms with E-state index >= 15 is 0 Å². The highest BCUT2D eigenvalue weighted by Crippen LogP contribution is 2.33. The van der Waals surface area contributed by atoms with E-state index in [1.165, 1.54) is 6.20 Å². The van der Waals surface area contributed by atoms with Gasteiger partial charge in [0.05, 0.1) is 26.0 Å². The second-order valence-corrected chi connectivity index (χ2v) is 4.66. The standard InChI is InChI=1S/C13H12N6O3S/c1-20-7-3-4-9(21-2)8(5-7)11-17-18-12(22-11)15-10-6-14-13(23)19-16-10/h3-6H,1-2H3,(H,14,19,23)(H,15,16,18). The highest BCUT2D eigenvalue weighted by atomic mass is 32.1. The van der Waals surface area contributed by atoms with Crippen LogP contribution in [-0.4, -0.2) is 39.6 Å². The number of rotatable bonds is 5. The number of nitrogens with one attached hydrogen (secondary N) is 2. The molecule has 3 rings (SSSR count). The molecule has 10 heteroatoms. The Morgan fingerprint density at radius 2 is 2.09 bits per heavy atom. The monoisotopic (exact) mass is 332 g/mol. The Kier molecular flexibility index (Phi) is 4.15. The van der Waals surface area contributed by atoms with Crippen molar-refractivity contribution in [3.63, 3.8) is 0 Å². The SMILES string of the molecule is COc1ccc(OC)c(-c2nnc(Nc3cnc(=S)[nH]n3)o2)c1. The van der Waals surface area contributed by atoms with Crippen molar-refractivity contribution in [3.05, 3.63) is 29.2 Å². The molecular weight excluding hydrogens is 320 g/mol. The number of hydrogen-bond donors (Lipinski definition) is 2. The first kappa shape index (κ1) is 14.9. The molecule has 0 aliphatic heterocycles. The highest BCUT2D eigenvalue weighted by molar-refractivity contribution is 7.71. The molecule has 0 bridgehead atoms. The predicted octanol–water partition coefficient (Wildman–Crippen LogP) is 2.34. The van der Waals surface area contributed by atoms with Gasteiger partial charge < -0.3 is 13.9 Å². The molecule has 3 aromatic rings. The average Bonchev–Trinajstić information content (AvgIpc) is 3.04. The normalized spacial score (nSPS) is 10.3. The molecule has 0 amide bonds. The van der Waals surface area contributed by atoms with Crippen molar-refractivity contribution >= 4 is 24.1 Å². The lowest BCUT2D eigenvalue weighted by Crippen LogP contribution is -1.96. The van der Waals surface area contributed by atoms with Crippen LogP contribution in [0.25, 0.3) is 11.5 Å². The third kappa shape index (κ3) is 3.26. The summed E-state index contributed by atoms with van der Waals surface area (Å²) in [6.45, 7) is 0. The zero-order chi connectivity index (χ0) is 16.2. The van der Waals surface area contributed by atoms with Gasteiger partial charge in [0.1, 0.15) is 11.5 Å². The lowest BCUT2D eigenvalue weighted by molar-refractivity contribution is 0.403. The molecule has 0 aliphatic carbocycles. The van der Waals surface area contributed by atoms with E-state index in [4.69, 9.17) is 26.1 Å². The predicted molar refractivity (Wildman–Crippen MR) is 83.3 cm³/mol. The molecule has 1 aromatic carbocycles. The van der Waals surface area contributed by atoms with E-state index in [9.17, 15) is 0 Å². The van der Waals surface area contributed by atoms with Crippen LogP contribution in [0.2, 0.25) is 0 Å². The van der Waals surface area contributed by atoms with E-state index in [-0.39, 0.29) is 16.7 Å². The molecule has 0 saturated heterocycles. The van der Waals surface area contributed by atoms with Gasteiger partial charge in [-0.05, 0) is 30.4 Å². The maximum absolute atomic E-state index is 5.57. The fourth-order valence-corrected chi connectivity index (χ4v) is 1.92. The number of ether oxygens (including phenoxy) is 2. The summed E-state index contributed by atoms with van der Waals surface area (Å²) in [5, 5.41) is 17.2. The fraction of sp³-hybridized carbons (Fsp3) is 0.154. The maximum Gasteiger partial charge on any atom is 0.321 e. The number of nitrogens with zero attached hydrogens (tertiary/aromatic N) is 4. The second-order valence-electron chi connectivity index (χ2n) is 4.28. The number of hydrogen-bond acceptors (Lipinski definition) is 9. The van der Waals surface area contributed by atoms with Crippen LogP contribution >= 0.6 is 12.2 Å². The molecule has 0 radical (unpaired) electrons. The van der Waals surface area contributed by atoms with Crippen molar-refractivity contribution in [1.82, 2.24) is 25.4 Å². The Hall–Kier alpha value is -3.01. The van der Waals surface area contributed by atoms with Crippen molar-refractivity contribution < 1.29 is 13.9 Å². The van der Waals surface area contributed by atoms with Gasteiger partial charge in [0.15, 0.2) is 5.82 Å². The molecule has 2 aromatic heterocycles. The average molecular weight is 332 g/mol. The molecule has 118 valence electrons. The van der Waals surface area contributed by atoms with Crippen LogP contribution in [0.4, 0.5) is 11.8 Å². The second kappa shape index (κ2) is 6.40. The molecule has 0 fully saturated rings. The Bertz CT molecular complexity index is 858. The highest BCUT2D eigenvalue weighted by Gasteiger charge is 2.15. The smallest absolute Gasteiger partial charge is 0.321 e. The van der Waals surface area contributed by atoms with Crippen molar-refractivity contribution in [2.45, 2.75) is 0 Å². The van der Waals surface area contributed by atoms with Gasteiger partial charge in [-0.25, -0.2) is 10.1 Å². The van der Waals surface area contributed by atoms with E-state index in [0.29, 0.717) is 22.9 Å². The first-order chi connectivity index (χ1) is 11.2. The zero-order valence-electron chi connectivity index (χ0n) is 12.2. The quantitative estimate of drug-likeness (QED) is 0.680. The van der Waals surface area contributed by atoms with Crippen LogP contribution < -0.4 is 14.8 Å². The maximum atomic E-state index is 5.57. The number of aromatic nitrogens is 5. The molecule has 0 aliphatic rings. The first-order valence-corrected chi connectivity index (χ1v) is 6.85. The Labute approximate surface area is 135 Å². The molecule has 9 nitrogen and oxygen atoms in total. The number of H-pyrrole nitrogens is 1. The van der Waals surface area contributed by atoms with Crippen molar-refractivity contribution in [1.29, 1.82) is 0 Å². The van der Waals surface area contributed by atoms with Crippen LogP contribution in [-0.2, 0) is 0 Å². The Morgan fingerprint density at radius 3 is 2.78 bits per heavy atom. The van der Waals surface area contributed by atoms with Crippen molar-refractivity contribution in [3.8, 4) is 23.0 Å². The van der Waals surface area contributed by atoms with Gasteiger partial charge in [-0.1, -0.05) is 5.10 Å². The van der Waals surface area contributed by atoms with Crippen LogP contribution in [0.5, 0.6) is 11.5 Å². The van der Waals surface area contributed by atoms with E-state index in [1.54, 1.807) is 32.4 Å². The van der Waals surface area contributed by atoms with Gasteiger partial charge in [-0.3, -0.25) is 5.32 Å². The third-order valence-corrected chi connectivity index (χ3v) is 3.07. The topological polar surface area (TPSA) is 111 Å². The number of methoxy groups -OCH3 is 2. The van der Waals surface area contributed by atoms with E-state index < -0.39 is 0 Å². The van der Waals surface area contributed by atoms with Crippen LogP contribution in [0.1, 0.15) is 0 Å². The van der Waals surface area contributed by atoms with E-state index in [2.05, 4.69) is 30.7 Å². The lowest BCUT2D eigenvalue weighted by atomic mass is 10.2. The molecule has 0 spiro atoms. The van der Waals surface area contributed by atoms with Gasteiger partial charge in [-0.15, -0.1) is 5.10 Å². The molecule has 2 N–H and O–H groups in total. The summed E-state index contributed by atoms with van der Waals surface area (Å²) in [4.78, 5) is 3.90. The van der Waals surface area contributed by atoms with Gasteiger partial charge >= 0.3 is 6.01 Å². The van der Waals surface area contributed by atoms with Gasteiger partial charge in [0, 0.05) is 0 Å². The van der Waals surface area contributed by atoms with Gasteiger partial charge in [0.25, 0.3) is 5.89 Å². The lowest BCUT2D eigenvalue weighted by Gasteiger charge is -2.07. The summed E-state index contributed by atoms with van der Waals surface area (Å²) in [6, 6.07) is 5.44. The largest absolute Gasteiger partial charge is 0.497 e. The Balaban J connectivity index is 1.89. The summed E-state index contributed by atoms with van der Waals surface area (Å²) in [5.41, 5.74) is 0.617. The summed E-state index contributed by atoms with van der Waals surface area (Å²) in [5.74, 6) is 1.91. The van der Waals surface area contributed by atoms with Crippen LogP contribution in [0, 0.1) is 4.77 Å². The minimum atomic E-state index is 0.157. The number of aromatic amines is 1. The van der Waals surface area contributed by atoms with Gasteiger partial charge in [0.2, 0.25) is 4.77 Å². The third-order valence-electron chi connectivity index (χ3n) is 2.87. The van der Waals surface area contributed by atoms with Crippen LogP contribution in [0.15, 0.2) is 28.8 Å². The van der Waals surface area contributed by atoms with E-state index in [1.807, 2.05) is 0 Å². The minimum Gasteiger partial charge on any atom is -0.497 e. The Morgan fingerprint density at radius 1 is 1.22 bits per heavy atom. The van der Waals surface area contributed by atoms with Crippen molar-refractivity contribution in [2.75, 3.05) is 19.5 Å². The first-order valence-electron chi connectivity index (χ1n) is 6.44. The molecule has 0 saturated carbocycles.